The second-order valence-corrected chi connectivity index (χ2v) is 7.61. The molecule has 1 aliphatic heterocycles. The number of hydrogen-bond donors (Lipinski definition) is 1. The molecule has 0 radical (unpaired) electrons. The van der Waals surface area contributed by atoms with Crippen LogP contribution in [-0.4, -0.2) is 36.9 Å². The zero-order valence-corrected chi connectivity index (χ0v) is 12.1. The molecule has 7 heteroatoms. The predicted octanol–water partition coefficient (Wildman–Crippen LogP) is 1.94. The smallest absolute Gasteiger partial charge is 0.335 e. The number of rotatable bonds is 3. The molecule has 0 amide bonds. The molecule has 5 nitrogen and oxygen atoms in total. The van der Waals surface area contributed by atoms with Gasteiger partial charge in [0, 0.05) is 13.1 Å². The van der Waals surface area contributed by atoms with Gasteiger partial charge in [0.1, 0.15) is 10.7 Å². The molecule has 20 heavy (non-hydrogen) atoms. The van der Waals surface area contributed by atoms with Crippen molar-refractivity contribution in [2.75, 3.05) is 13.1 Å². The second-order valence-electron chi connectivity index (χ2n) is 5.70. The summed E-state index contributed by atoms with van der Waals surface area (Å²) in [4.78, 5) is 10.3. The SMILES string of the molecule is CC1(C)CCN(S(=O)(=O)c2cc(C(=O)O)ccc2F)C1. The molecule has 0 bridgehead atoms. The Kier molecular flexibility index (Phi) is 3.60. The van der Waals surface area contributed by atoms with E-state index in [0.717, 1.165) is 18.2 Å². The number of benzene rings is 1. The largest absolute Gasteiger partial charge is 0.478 e. The number of hydrogen-bond acceptors (Lipinski definition) is 3. The average molecular weight is 301 g/mol. The number of carboxylic acids is 1. The summed E-state index contributed by atoms with van der Waals surface area (Å²) in [5.41, 5.74) is -0.406. The molecular formula is C13H16FNO4S. The van der Waals surface area contributed by atoms with Crippen LogP contribution in [0.25, 0.3) is 0 Å². The van der Waals surface area contributed by atoms with Crippen LogP contribution in [-0.2, 0) is 10.0 Å². The third kappa shape index (κ3) is 2.69. The Morgan fingerprint density at radius 1 is 1.40 bits per heavy atom. The van der Waals surface area contributed by atoms with Crippen LogP contribution in [0.3, 0.4) is 0 Å². The highest BCUT2D eigenvalue weighted by Gasteiger charge is 2.38. The maximum atomic E-state index is 13.8. The molecule has 0 aliphatic carbocycles. The van der Waals surface area contributed by atoms with Crippen LogP contribution in [0.5, 0.6) is 0 Å². The predicted molar refractivity (Wildman–Crippen MR) is 70.5 cm³/mol. The van der Waals surface area contributed by atoms with Crippen molar-refractivity contribution in [3.8, 4) is 0 Å². The van der Waals surface area contributed by atoms with E-state index in [1.165, 1.54) is 4.31 Å². The number of aromatic carboxylic acids is 1. The highest BCUT2D eigenvalue weighted by Crippen LogP contribution is 2.33. The molecule has 0 saturated carbocycles. The fraction of sp³-hybridized carbons (Fsp3) is 0.462. The third-order valence-corrected chi connectivity index (χ3v) is 5.30. The second kappa shape index (κ2) is 4.82. The average Bonchev–Trinajstić information content (AvgIpc) is 2.70. The normalized spacial score (nSPS) is 19.1. The van der Waals surface area contributed by atoms with Gasteiger partial charge in [0.2, 0.25) is 10.0 Å². The molecule has 1 aromatic carbocycles. The summed E-state index contributed by atoms with van der Waals surface area (Å²) >= 11 is 0. The van der Waals surface area contributed by atoms with E-state index in [2.05, 4.69) is 0 Å². The molecule has 1 saturated heterocycles. The van der Waals surface area contributed by atoms with Crippen LogP contribution < -0.4 is 0 Å². The minimum atomic E-state index is -4.00. The first kappa shape index (κ1) is 14.9. The first-order valence-electron chi connectivity index (χ1n) is 6.16. The van der Waals surface area contributed by atoms with E-state index >= 15 is 0 Å². The number of nitrogens with zero attached hydrogens (tertiary/aromatic N) is 1. The van der Waals surface area contributed by atoms with E-state index in [1.807, 2.05) is 13.8 Å². The third-order valence-electron chi connectivity index (χ3n) is 3.44. The quantitative estimate of drug-likeness (QED) is 0.926. The van der Waals surface area contributed by atoms with Crippen LogP contribution in [0.4, 0.5) is 4.39 Å². The molecule has 1 aromatic rings. The summed E-state index contributed by atoms with van der Waals surface area (Å²) in [6.45, 7) is 4.48. The lowest BCUT2D eigenvalue weighted by atomic mass is 9.93. The fourth-order valence-corrected chi connectivity index (χ4v) is 3.96. The Labute approximate surface area is 117 Å². The van der Waals surface area contributed by atoms with Crippen LogP contribution in [0.1, 0.15) is 30.6 Å². The van der Waals surface area contributed by atoms with Crippen molar-refractivity contribution in [3.05, 3.63) is 29.6 Å². The van der Waals surface area contributed by atoms with E-state index < -0.39 is 26.7 Å². The van der Waals surface area contributed by atoms with Gasteiger partial charge in [0.25, 0.3) is 0 Å². The molecular weight excluding hydrogens is 285 g/mol. The first-order valence-corrected chi connectivity index (χ1v) is 7.60. The Hall–Kier alpha value is -1.47. The standard InChI is InChI=1S/C13H16FNO4S/c1-13(2)5-6-15(8-13)20(18,19)11-7-9(12(16)17)3-4-10(11)14/h3-4,7H,5-6,8H2,1-2H3,(H,16,17). The molecule has 0 atom stereocenters. The molecule has 0 spiro atoms. The minimum Gasteiger partial charge on any atom is -0.478 e. The van der Waals surface area contributed by atoms with Crippen molar-refractivity contribution in [1.82, 2.24) is 4.31 Å². The van der Waals surface area contributed by atoms with Gasteiger partial charge in [-0.1, -0.05) is 13.8 Å². The summed E-state index contributed by atoms with van der Waals surface area (Å²) in [5.74, 6) is -2.22. The topological polar surface area (TPSA) is 74.7 Å². The van der Waals surface area contributed by atoms with Crippen molar-refractivity contribution in [2.24, 2.45) is 5.41 Å². The van der Waals surface area contributed by atoms with Crippen molar-refractivity contribution >= 4 is 16.0 Å². The summed E-state index contributed by atoms with van der Waals surface area (Å²) in [6.07, 6.45) is 0.687. The van der Waals surface area contributed by atoms with Crippen LogP contribution in [0.15, 0.2) is 23.1 Å². The van der Waals surface area contributed by atoms with Crippen LogP contribution >= 0.6 is 0 Å². The van der Waals surface area contributed by atoms with Crippen molar-refractivity contribution in [1.29, 1.82) is 0 Å². The van der Waals surface area contributed by atoms with Gasteiger partial charge < -0.3 is 5.11 Å². The van der Waals surface area contributed by atoms with E-state index in [4.69, 9.17) is 5.11 Å². The van der Waals surface area contributed by atoms with Crippen molar-refractivity contribution in [3.63, 3.8) is 0 Å². The number of halogens is 1. The van der Waals surface area contributed by atoms with Gasteiger partial charge in [-0.3, -0.25) is 0 Å². The lowest BCUT2D eigenvalue weighted by molar-refractivity contribution is 0.0696. The Balaban J connectivity index is 2.45. The lowest BCUT2D eigenvalue weighted by Gasteiger charge is -2.20. The zero-order valence-electron chi connectivity index (χ0n) is 11.3. The molecule has 110 valence electrons. The zero-order chi connectivity index (χ0) is 15.1. The van der Waals surface area contributed by atoms with E-state index in [0.29, 0.717) is 19.5 Å². The molecule has 1 N–H and O–H groups in total. The molecule has 0 aromatic heterocycles. The van der Waals surface area contributed by atoms with Crippen molar-refractivity contribution < 1.29 is 22.7 Å². The Morgan fingerprint density at radius 2 is 2.05 bits per heavy atom. The summed E-state index contributed by atoms with van der Waals surface area (Å²) in [7, 11) is -4.00. The molecule has 1 fully saturated rings. The summed E-state index contributed by atoms with van der Waals surface area (Å²) < 4.78 is 39.8. The van der Waals surface area contributed by atoms with Gasteiger partial charge in [-0.05, 0) is 30.0 Å². The number of sulfonamides is 1. The lowest BCUT2D eigenvalue weighted by Crippen LogP contribution is -2.31. The highest BCUT2D eigenvalue weighted by atomic mass is 32.2. The number of carbonyl (C=O) groups is 1. The van der Waals surface area contributed by atoms with E-state index in [1.54, 1.807) is 0 Å². The van der Waals surface area contributed by atoms with Gasteiger partial charge in [-0.15, -0.1) is 0 Å². The molecule has 0 unspecified atom stereocenters. The van der Waals surface area contributed by atoms with Gasteiger partial charge in [-0.2, -0.15) is 4.31 Å². The van der Waals surface area contributed by atoms with Gasteiger partial charge in [0.05, 0.1) is 5.56 Å². The fourth-order valence-electron chi connectivity index (χ4n) is 2.24. The van der Waals surface area contributed by atoms with E-state index in [-0.39, 0.29) is 11.0 Å². The van der Waals surface area contributed by atoms with Gasteiger partial charge in [0.15, 0.2) is 0 Å². The monoisotopic (exact) mass is 301 g/mol. The van der Waals surface area contributed by atoms with Crippen molar-refractivity contribution in [2.45, 2.75) is 25.2 Å². The van der Waals surface area contributed by atoms with Crippen LogP contribution in [0, 0.1) is 11.2 Å². The Morgan fingerprint density at radius 3 is 2.55 bits per heavy atom. The number of carboxylic acid groups (broad SMARTS) is 1. The maximum absolute atomic E-state index is 13.8. The summed E-state index contributed by atoms with van der Waals surface area (Å²) in [5, 5.41) is 8.88. The Bertz CT molecular complexity index is 654. The van der Waals surface area contributed by atoms with E-state index in [9.17, 15) is 17.6 Å². The minimum absolute atomic E-state index is 0.159. The van der Waals surface area contributed by atoms with Gasteiger partial charge in [-0.25, -0.2) is 17.6 Å². The van der Waals surface area contributed by atoms with Crippen LogP contribution in [0.2, 0.25) is 0 Å². The first-order chi connectivity index (χ1) is 9.13. The highest BCUT2D eigenvalue weighted by molar-refractivity contribution is 7.89. The maximum Gasteiger partial charge on any atom is 0.335 e. The molecule has 1 aliphatic rings. The molecule has 2 rings (SSSR count). The van der Waals surface area contributed by atoms with Gasteiger partial charge >= 0.3 is 5.97 Å². The summed E-state index contributed by atoms with van der Waals surface area (Å²) in [6, 6.07) is 2.79. The molecule has 1 heterocycles.